The maximum absolute atomic E-state index is 7.45. The van der Waals surface area contributed by atoms with Crippen molar-refractivity contribution in [2.24, 2.45) is 11.1 Å². The number of rotatable bonds is 6. The van der Waals surface area contributed by atoms with E-state index >= 15 is 0 Å². The lowest BCUT2D eigenvalue weighted by atomic mass is 9.86. The molecule has 0 aliphatic rings. The van der Waals surface area contributed by atoms with Gasteiger partial charge in [-0.15, -0.1) is 0 Å². The summed E-state index contributed by atoms with van der Waals surface area (Å²) in [5.74, 6) is 0.273. The Labute approximate surface area is 105 Å². The highest BCUT2D eigenvalue weighted by Crippen LogP contribution is 2.22. The van der Waals surface area contributed by atoms with Crippen LogP contribution in [-0.4, -0.2) is 15.6 Å². The first-order valence-corrected chi connectivity index (χ1v) is 6.23. The molecular formula is C11H19BrN4. The third-order valence-electron chi connectivity index (χ3n) is 2.77. The molecule has 0 aliphatic heterocycles. The van der Waals surface area contributed by atoms with Gasteiger partial charge in [0.25, 0.3) is 0 Å². The summed E-state index contributed by atoms with van der Waals surface area (Å²) in [6.45, 7) is 4.94. The van der Waals surface area contributed by atoms with Gasteiger partial charge in [0.2, 0.25) is 0 Å². The average molecular weight is 287 g/mol. The fraction of sp³-hybridized carbons (Fsp3) is 0.636. The SMILES string of the molecule is CC(C)(CCCCn1cc(Br)cn1)C(=N)N. The second-order valence-corrected chi connectivity index (χ2v) is 5.59. The second kappa shape index (κ2) is 5.48. The number of nitrogens with zero attached hydrogens (tertiary/aromatic N) is 2. The molecule has 3 N–H and O–H groups in total. The normalized spacial score (nSPS) is 11.7. The van der Waals surface area contributed by atoms with Crippen molar-refractivity contribution in [3.63, 3.8) is 0 Å². The lowest BCUT2D eigenvalue weighted by Crippen LogP contribution is -2.30. The van der Waals surface area contributed by atoms with Gasteiger partial charge in [-0.25, -0.2) is 0 Å². The van der Waals surface area contributed by atoms with Crippen molar-refractivity contribution < 1.29 is 0 Å². The lowest BCUT2D eigenvalue weighted by Gasteiger charge is -2.22. The highest BCUT2D eigenvalue weighted by molar-refractivity contribution is 9.10. The highest BCUT2D eigenvalue weighted by Gasteiger charge is 2.20. The Morgan fingerprint density at radius 1 is 1.56 bits per heavy atom. The van der Waals surface area contributed by atoms with E-state index in [1.165, 1.54) is 0 Å². The number of hydrogen-bond donors (Lipinski definition) is 2. The monoisotopic (exact) mass is 286 g/mol. The van der Waals surface area contributed by atoms with Gasteiger partial charge in [-0.1, -0.05) is 20.3 Å². The fourth-order valence-corrected chi connectivity index (χ4v) is 1.76. The van der Waals surface area contributed by atoms with E-state index in [0.29, 0.717) is 0 Å². The van der Waals surface area contributed by atoms with Gasteiger partial charge < -0.3 is 5.73 Å². The Balaban J connectivity index is 2.24. The molecule has 1 rings (SSSR count). The lowest BCUT2D eigenvalue weighted by molar-refractivity contribution is 0.424. The van der Waals surface area contributed by atoms with Crippen molar-refractivity contribution >= 4 is 21.8 Å². The number of aryl methyl sites for hydroxylation is 1. The summed E-state index contributed by atoms with van der Waals surface area (Å²) in [7, 11) is 0. The third-order valence-corrected chi connectivity index (χ3v) is 3.18. The number of amidine groups is 1. The minimum absolute atomic E-state index is 0.176. The number of aromatic nitrogens is 2. The van der Waals surface area contributed by atoms with Gasteiger partial charge in [0.1, 0.15) is 0 Å². The van der Waals surface area contributed by atoms with E-state index in [9.17, 15) is 0 Å². The summed E-state index contributed by atoms with van der Waals surface area (Å²) in [5.41, 5.74) is 5.35. The summed E-state index contributed by atoms with van der Waals surface area (Å²) < 4.78 is 2.93. The smallest absolute Gasteiger partial charge is 0.0963 e. The van der Waals surface area contributed by atoms with Gasteiger partial charge in [0, 0.05) is 18.2 Å². The van der Waals surface area contributed by atoms with Crippen LogP contribution >= 0.6 is 15.9 Å². The molecule has 90 valence electrons. The molecule has 16 heavy (non-hydrogen) atoms. The summed E-state index contributed by atoms with van der Waals surface area (Å²) >= 11 is 3.36. The van der Waals surface area contributed by atoms with Crippen molar-refractivity contribution in [1.82, 2.24) is 9.78 Å². The molecule has 0 fully saturated rings. The number of halogens is 1. The van der Waals surface area contributed by atoms with E-state index in [1.807, 2.05) is 24.7 Å². The van der Waals surface area contributed by atoms with Gasteiger partial charge in [-0.05, 0) is 28.8 Å². The van der Waals surface area contributed by atoms with Crippen molar-refractivity contribution in [1.29, 1.82) is 5.41 Å². The van der Waals surface area contributed by atoms with Crippen LogP contribution in [0.4, 0.5) is 0 Å². The Morgan fingerprint density at radius 3 is 2.75 bits per heavy atom. The first-order valence-electron chi connectivity index (χ1n) is 5.44. The molecule has 0 saturated carbocycles. The molecular weight excluding hydrogens is 268 g/mol. The molecule has 0 aromatic carbocycles. The van der Waals surface area contributed by atoms with Gasteiger partial charge >= 0.3 is 0 Å². The van der Waals surface area contributed by atoms with Crippen LogP contribution in [0, 0.1) is 10.8 Å². The second-order valence-electron chi connectivity index (χ2n) is 4.68. The van der Waals surface area contributed by atoms with Crippen LogP contribution in [0.1, 0.15) is 33.1 Å². The molecule has 4 nitrogen and oxygen atoms in total. The zero-order valence-electron chi connectivity index (χ0n) is 9.83. The molecule has 0 spiro atoms. The Bertz CT molecular complexity index is 357. The number of unbranched alkanes of at least 4 members (excludes halogenated alkanes) is 1. The number of hydrogen-bond acceptors (Lipinski definition) is 2. The quantitative estimate of drug-likeness (QED) is 0.480. The van der Waals surface area contributed by atoms with Crippen molar-refractivity contribution in [3.8, 4) is 0 Å². The maximum atomic E-state index is 7.45. The summed E-state index contributed by atoms with van der Waals surface area (Å²) in [5, 5.41) is 11.6. The minimum atomic E-state index is -0.176. The molecule has 0 atom stereocenters. The van der Waals surface area contributed by atoms with Crippen LogP contribution in [0.3, 0.4) is 0 Å². The molecule has 0 bridgehead atoms. The van der Waals surface area contributed by atoms with Gasteiger partial charge in [-0.2, -0.15) is 5.10 Å². The first kappa shape index (κ1) is 13.2. The van der Waals surface area contributed by atoms with Crippen molar-refractivity contribution in [2.45, 2.75) is 39.7 Å². The van der Waals surface area contributed by atoms with Crippen LogP contribution in [0.5, 0.6) is 0 Å². The van der Waals surface area contributed by atoms with Crippen molar-refractivity contribution in [3.05, 3.63) is 16.9 Å². The summed E-state index contributed by atoms with van der Waals surface area (Å²) in [6, 6.07) is 0. The van der Waals surface area contributed by atoms with Crippen LogP contribution in [0.2, 0.25) is 0 Å². The van der Waals surface area contributed by atoms with Crippen LogP contribution in [0.15, 0.2) is 16.9 Å². The largest absolute Gasteiger partial charge is 0.387 e. The summed E-state index contributed by atoms with van der Waals surface area (Å²) in [6.07, 6.45) is 6.83. The molecule has 0 amide bonds. The zero-order chi connectivity index (χ0) is 12.2. The van der Waals surface area contributed by atoms with E-state index in [-0.39, 0.29) is 11.3 Å². The standard InChI is InChI=1S/C11H19BrN4/c1-11(2,10(13)14)5-3-4-6-16-8-9(12)7-15-16/h7-8H,3-6H2,1-2H3,(H3,13,14). The van der Waals surface area contributed by atoms with Crippen LogP contribution in [0.25, 0.3) is 0 Å². The molecule has 0 aliphatic carbocycles. The van der Waals surface area contributed by atoms with Gasteiger partial charge in [-0.3, -0.25) is 10.1 Å². The highest BCUT2D eigenvalue weighted by atomic mass is 79.9. The van der Waals surface area contributed by atoms with Crippen molar-refractivity contribution in [2.75, 3.05) is 0 Å². The third kappa shape index (κ3) is 3.96. The molecule has 1 aromatic rings. The molecule has 5 heteroatoms. The first-order chi connectivity index (χ1) is 7.42. The number of nitrogens with one attached hydrogen (secondary N) is 1. The molecule has 0 saturated heterocycles. The topological polar surface area (TPSA) is 67.7 Å². The summed E-state index contributed by atoms with van der Waals surface area (Å²) in [4.78, 5) is 0. The van der Waals surface area contributed by atoms with E-state index in [2.05, 4.69) is 21.0 Å². The van der Waals surface area contributed by atoms with Gasteiger partial charge in [0.15, 0.2) is 0 Å². The molecule has 1 aromatic heterocycles. The van der Waals surface area contributed by atoms with E-state index in [1.54, 1.807) is 6.20 Å². The predicted octanol–water partition coefficient (Wildman–Crippen LogP) is 2.78. The Kier molecular flexibility index (Phi) is 4.53. The van der Waals surface area contributed by atoms with Gasteiger partial charge in [0.05, 0.1) is 16.5 Å². The average Bonchev–Trinajstić information content (AvgIpc) is 2.59. The van der Waals surface area contributed by atoms with E-state index in [4.69, 9.17) is 11.1 Å². The molecule has 0 unspecified atom stereocenters. The molecule has 1 heterocycles. The maximum Gasteiger partial charge on any atom is 0.0963 e. The van der Waals surface area contributed by atoms with Crippen LogP contribution in [-0.2, 0) is 6.54 Å². The fourth-order valence-electron chi connectivity index (χ4n) is 1.44. The van der Waals surface area contributed by atoms with E-state index < -0.39 is 0 Å². The van der Waals surface area contributed by atoms with E-state index in [0.717, 1.165) is 30.3 Å². The van der Waals surface area contributed by atoms with Crippen LogP contribution < -0.4 is 5.73 Å². The zero-order valence-corrected chi connectivity index (χ0v) is 11.4. The Hall–Kier alpha value is -0.840. The molecule has 0 radical (unpaired) electrons. The predicted molar refractivity (Wildman–Crippen MR) is 69.5 cm³/mol. The minimum Gasteiger partial charge on any atom is -0.387 e. The Morgan fingerprint density at radius 2 is 2.25 bits per heavy atom. The number of nitrogens with two attached hydrogens (primary N) is 1.